The van der Waals surface area contributed by atoms with Crippen molar-refractivity contribution in [1.29, 1.82) is 0 Å². The molecule has 204 valence electrons. The zero-order valence-electron chi connectivity index (χ0n) is 18.2. The molecule has 2 aromatic rings. The molecule has 0 aliphatic carbocycles. The number of phosphoric ester groups is 1. The summed E-state index contributed by atoms with van der Waals surface area (Å²) in [5.74, 6) is 0. The van der Waals surface area contributed by atoms with Crippen molar-refractivity contribution in [2.75, 3.05) is 0 Å². The quantitative estimate of drug-likeness (QED) is 0.147. The lowest BCUT2D eigenvalue weighted by Gasteiger charge is -2.27. The van der Waals surface area contributed by atoms with E-state index in [0.29, 0.717) is 12.8 Å². The molecular weight excluding hydrogens is 557 g/mol. The summed E-state index contributed by atoms with van der Waals surface area (Å²) in [5.41, 5.74) is -2.13. The topological polar surface area (TPSA) is 293 Å². The number of ether oxygens (including phenoxy) is 1. The molecule has 36 heavy (non-hydrogen) atoms. The molecule has 0 spiro atoms. The lowest BCUT2D eigenvalue weighted by molar-refractivity contribution is -0.0831. The van der Waals surface area contributed by atoms with Gasteiger partial charge in [0.15, 0.2) is 11.7 Å². The van der Waals surface area contributed by atoms with Crippen LogP contribution in [0.15, 0.2) is 15.9 Å². The van der Waals surface area contributed by atoms with E-state index >= 15 is 0 Å². The van der Waals surface area contributed by atoms with Crippen LogP contribution in [0.1, 0.15) is 32.4 Å². The van der Waals surface area contributed by atoms with Gasteiger partial charge in [0, 0.05) is 0 Å². The Balaban J connectivity index is 1.88. The van der Waals surface area contributed by atoms with Gasteiger partial charge in [-0.15, -0.1) is 0 Å². The number of phosphoric acid groups is 3. The highest BCUT2D eigenvalue weighted by Crippen LogP contribution is 2.66. The van der Waals surface area contributed by atoms with Crippen molar-refractivity contribution in [2.24, 2.45) is 0 Å². The largest absolute Gasteiger partial charge is 0.490 e. The Kier molecular flexibility index (Phi) is 8.59. The van der Waals surface area contributed by atoms with Crippen molar-refractivity contribution < 1.29 is 61.4 Å². The molecule has 3 unspecified atom stereocenters. The second kappa shape index (κ2) is 10.7. The number of aromatic amines is 2. The minimum atomic E-state index is -5.80. The Morgan fingerprint density at radius 3 is 2.36 bits per heavy atom. The first-order valence-corrected chi connectivity index (χ1v) is 14.6. The molecule has 0 bridgehead atoms. The van der Waals surface area contributed by atoms with E-state index < -0.39 is 65.4 Å². The molecule has 3 rings (SSSR count). The molecule has 0 radical (unpaired) electrons. The number of aliphatic hydroxyl groups excluding tert-OH is 2. The van der Waals surface area contributed by atoms with Crippen molar-refractivity contribution in [3.8, 4) is 0 Å². The van der Waals surface area contributed by atoms with Crippen LogP contribution in [-0.4, -0.2) is 73.7 Å². The maximum Gasteiger partial charge on any atom is 0.490 e. The van der Waals surface area contributed by atoms with Gasteiger partial charge in [-0.2, -0.15) is 8.62 Å². The molecule has 1 aliphatic rings. The number of nitrogens with zero attached hydrogens (tertiary/aromatic N) is 2. The highest BCUT2D eigenvalue weighted by molar-refractivity contribution is 7.66. The van der Waals surface area contributed by atoms with E-state index in [2.05, 4.69) is 18.6 Å². The third kappa shape index (κ3) is 6.85. The van der Waals surface area contributed by atoms with Gasteiger partial charge in [-0.3, -0.25) is 23.9 Å². The van der Waals surface area contributed by atoms with Crippen LogP contribution in [0.3, 0.4) is 0 Å². The van der Waals surface area contributed by atoms with E-state index in [1.165, 1.54) is 0 Å². The van der Waals surface area contributed by atoms with Crippen LogP contribution < -0.4 is 11.2 Å². The lowest BCUT2D eigenvalue weighted by atomic mass is 10.0. The molecule has 3 heterocycles. The number of unbranched alkanes of at least 4 members (excludes halogenated alkanes) is 1. The van der Waals surface area contributed by atoms with Gasteiger partial charge in [-0.25, -0.2) is 23.5 Å². The Labute approximate surface area is 200 Å². The fourth-order valence-corrected chi connectivity index (χ4v) is 6.75. The van der Waals surface area contributed by atoms with E-state index in [0.717, 1.165) is 10.9 Å². The molecule has 19 nitrogen and oxygen atoms in total. The van der Waals surface area contributed by atoms with E-state index in [1.54, 1.807) is 6.92 Å². The minimum absolute atomic E-state index is 0.123. The summed E-state index contributed by atoms with van der Waals surface area (Å²) in [6, 6.07) is 0. The average Bonchev–Trinajstić information content (AvgIpc) is 3.24. The molecule has 1 saturated heterocycles. The number of H-pyrrole nitrogens is 2. The molecule has 8 N–H and O–H groups in total. The maximum atomic E-state index is 12.3. The maximum absolute atomic E-state index is 12.3. The van der Waals surface area contributed by atoms with Crippen LogP contribution >= 0.6 is 23.5 Å². The van der Waals surface area contributed by atoms with Gasteiger partial charge in [-0.05, 0) is 6.42 Å². The Hall–Kier alpha value is -1.56. The summed E-state index contributed by atoms with van der Waals surface area (Å²) in [5, 5.41) is 21.2. The predicted molar refractivity (Wildman–Crippen MR) is 115 cm³/mol. The van der Waals surface area contributed by atoms with Crippen molar-refractivity contribution in [1.82, 2.24) is 19.5 Å². The second-order valence-corrected chi connectivity index (χ2v) is 12.0. The summed E-state index contributed by atoms with van der Waals surface area (Å²) in [6.45, 7) is 1.73. The smallest absolute Gasteiger partial charge is 0.387 e. The molecule has 22 heteroatoms. The third-order valence-corrected chi connectivity index (χ3v) is 8.77. The van der Waals surface area contributed by atoms with Gasteiger partial charge in [0.25, 0.3) is 5.56 Å². The predicted octanol–water partition coefficient (Wildman–Crippen LogP) is -1.07. The SMILES string of the molecule is CCCCC(OP(=O)(O)OP(=O)(O)OP(=O)(O)O)[C@H]1O[C@@H](n2cnc3c(=O)[nH]c(=O)[nH]c32)[C@H](O)[C@@H]1O. The monoisotopic (exact) mass is 580 g/mol. The van der Waals surface area contributed by atoms with E-state index in [1.807, 2.05) is 4.98 Å². The van der Waals surface area contributed by atoms with Crippen molar-refractivity contribution >= 4 is 34.6 Å². The Morgan fingerprint density at radius 2 is 1.75 bits per heavy atom. The zero-order chi connectivity index (χ0) is 27.1. The van der Waals surface area contributed by atoms with Crippen LogP contribution in [-0.2, 0) is 31.6 Å². The van der Waals surface area contributed by atoms with Crippen molar-refractivity contribution in [2.45, 2.75) is 56.8 Å². The number of fused-ring (bicyclic) bond motifs is 1. The van der Waals surface area contributed by atoms with Crippen LogP contribution in [0.4, 0.5) is 0 Å². The van der Waals surface area contributed by atoms with Crippen LogP contribution in [0.25, 0.3) is 11.2 Å². The highest BCUT2D eigenvalue weighted by Gasteiger charge is 2.50. The lowest BCUT2D eigenvalue weighted by Crippen LogP contribution is -2.39. The van der Waals surface area contributed by atoms with Crippen molar-refractivity contribution in [3.63, 3.8) is 0 Å². The molecule has 1 aliphatic heterocycles. The summed E-state index contributed by atoms with van der Waals surface area (Å²) >= 11 is 0. The fraction of sp³-hybridized carbons (Fsp3) is 0.643. The van der Waals surface area contributed by atoms with Crippen LogP contribution in [0, 0.1) is 0 Å². The first kappa shape index (κ1) is 29.0. The van der Waals surface area contributed by atoms with E-state index in [4.69, 9.17) is 19.0 Å². The standard InChI is InChI=1S/C14H23N4O15P3/c1-2-3-4-6(31-35(26,27)33-36(28,29)32-34(23,24)25)10-8(19)9(20)13(30-10)18-5-15-7-11(18)16-14(22)17-12(7)21/h5-6,8-10,13,19-20H,2-4H2,1H3,(H,26,27)(H,28,29)(H2,23,24,25)(H2,16,17,21,22)/t6?,8-,9+,10+,13+/m0/s1. The summed E-state index contributed by atoms with van der Waals surface area (Å²) in [7, 11) is -17.0. The first-order chi connectivity index (χ1) is 16.5. The Morgan fingerprint density at radius 1 is 1.08 bits per heavy atom. The third-order valence-electron chi connectivity index (χ3n) is 4.91. The van der Waals surface area contributed by atoms with Crippen LogP contribution in [0.2, 0.25) is 0 Å². The summed E-state index contributed by atoms with van der Waals surface area (Å²) < 4.78 is 53.7. The number of hydrogen-bond acceptors (Lipinski definition) is 12. The minimum Gasteiger partial charge on any atom is -0.387 e. The van der Waals surface area contributed by atoms with Gasteiger partial charge >= 0.3 is 29.2 Å². The summed E-state index contributed by atoms with van der Waals surface area (Å²) in [4.78, 5) is 68.2. The molecule has 0 amide bonds. The molecule has 0 saturated carbocycles. The summed E-state index contributed by atoms with van der Waals surface area (Å²) in [6.07, 6.45) is -6.48. The average molecular weight is 580 g/mol. The number of nitrogens with one attached hydrogen (secondary N) is 2. The van der Waals surface area contributed by atoms with Gasteiger partial charge in [0.2, 0.25) is 0 Å². The molecular formula is C14H23N4O15P3. The highest BCUT2D eigenvalue weighted by atomic mass is 31.3. The first-order valence-electron chi connectivity index (χ1n) is 10.1. The van der Waals surface area contributed by atoms with Crippen LogP contribution in [0.5, 0.6) is 0 Å². The zero-order valence-corrected chi connectivity index (χ0v) is 20.9. The van der Waals surface area contributed by atoms with Gasteiger partial charge in [-0.1, -0.05) is 19.8 Å². The number of aromatic nitrogens is 4. The second-order valence-electron chi connectivity index (χ2n) is 7.61. The number of imidazole rings is 1. The van der Waals surface area contributed by atoms with Gasteiger partial charge in [0.05, 0.1) is 12.4 Å². The molecule has 0 aromatic carbocycles. The fourth-order valence-electron chi connectivity index (χ4n) is 3.52. The normalized spacial score (nSPS) is 27.1. The number of rotatable bonds is 11. The Bertz CT molecular complexity index is 1350. The molecule has 7 atom stereocenters. The van der Waals surface area contributed by atoms with Gasteiger partial charge in [0.1, 0.15) is 24.0 Å². The number of hydrogen-bond donors (Lipinski definition) is 8. The van der Waals surface area contributed by atoms with Crippen molar-refractivity contribution in [3.05, 3.63) is 27.2 Å². The van der Waals surface area contributed by atoms with Gasteiger partial charge < -0.3 is 34.5 Å². The molecule has 2 aromatic heterocycles. The number of aliphatic hydroxyl groups is 2. The molecule has 1 fully saturated rings. The van der Waals surface area contributed by atoms with E-state index in [9.17, 15) is 43.3 Å². The van der Waals surface area contributed by atoms with E-state index in [-0.39, 0.29) is 17.6 Å².